The summed E-state index contributed by atoms with van der Waals surface area (Å²) in [6.07, 6.45) is 5.48. The fourth-order valence-corrected chi connectivity index (χ4v) is 1.48. The highest BCUT2D eigenvalue weighted by atomic mass is 14.8. The van der Waals surface area contributed by atoms with Gasteiger partial charge in [-0.3, -0.25) is 0 Å². The van der Waals surface area contributed by atoms with Crippen molar-refractivity contribution in [1.29, 1.82) is 0 Å². The van der Waals surface area contributed by atoms with Crippen LogP contribution in [0.1, 0.15) is 25.7 Å². The van der Waals surface area contributed by atoms with Gasteiger partial charge >= 0.3 is 0 Å². The summed E-state index contributed by atoms with van der Waals surface area (Å²) in [7, 11) is 1.96. The first-order valence-corrected chi connectivity index (χ1v) is 3.71. The summed E-state index contributed by atoms with van der Waals surface area (Å²) in [4.78, 5) is 0. The Labute approximate surface area is 57.1 Å². The molecule has 0 spiro atoms. The molecular formula is C8H15N. The van der Waals surface area contributed by atoms with Gasteiger partial charge in [-0.15, -0.1) is 0 Å². The Morgan fingerprint density at radius 1 is 1.44 bits per heavy atom. The van der Waals surface area contributed by atoms with Crippen LogP contribution in [0.2, 0.25) is 0 Å². The van der Waals surface area contributed by atoms with Gasteiger partial charge in [-0.25, -0.2) is 0 Å². The van der Waals surface area contributed by atoms with Crippen LogP contribution >= 0.6 is 0 Å². The summed E-state index contributed by atoms with van der Waals surface area (Å²) in [6.45, 7) is 3.94. The Kier molecular flexibility index (Phi) is 2.15. The van der Waals surface area contributed by atoms with Crippen LogP contribution in [0.4, 0.5) is 0 Å². The van der Waals surface area contributed by atoms with Crippen molar-refractivity contribution in [2.24, 2.45) is 5.92 Å². The molecule has 9 heavy (non-hydrogen) atoms. The molecule has 0 aromatic rings. The molecule has 1 heteroatoms. The molecule has 0 bridgehead atoms. The summed E-state index contributed by atoms with van der Waals surface area (Å²) < 4.78 is 0. The van der Waals surface area contributed by atoms with Gasteiger partial charge in [-0.05, 0) is 18.8 Å². The summed E-state index contributed by atoms with van der Waals surface area (Å²) >= 11 is 0. The molecule has 1 fully saturated rings. The number of hydrogen-bond donors (Lipinski definition) is 1. The van der Waals surface area contributed by atoms with E-state index < -0.39 is 0 Å². The van der Waals surface area contributed by atoms with Gasteiger partial charge in [0.15, 0.2) is 0 Å². The molecule has 0 radical (unpaired) electrons. The van der Waals surface area contributed by atoms with Crippen LogP contribution in [0.3, 0.4) is 0 Å². The molecule has 0 unspecified atom stereocenters. The van der Waals surface area contributed by atoms with Crippen molar-refractivity contribution >= 4 is 0 Å². The van der Waals surface area contributed by atoms with E-state index in [1.807, 2.05) is 7.05 Å². The highest BCUT2D eigenvalue weighted by Crippen LogP contribution is 2.28. The number of allylic oxidation sites excluding steroid dienone is 1. The molecule has 1 saturated carbocycles. The van der Waals surface area contributed by atoms with E-state index in [1.165, 1.54) is 31.4 Å². The van der Waals surface area contributed by atoms with E-state index in [0.717, 1.165) is 5.92 Å². The van der Waals surface area contributed by atoms with Gasteiger partial charge in [-0.2, -0.15) is 0 Å². The quantitative estimate of drug-likeness (QED) is 0.594. The van der Waals surface area contributed by atoms with Crippen molar-refractivity contribution in [1.82, 2.24) is 5.32 Å². The first kappa shape index (κ1) is 6.66. The third kappa shape index (κ3) is 1.47. The first-order valence-electron chi connectivity index (χ1n) is 3.71. The molecule has 0 saturated heterocycles. The molecule has 0 aromatic heterocycles. The second kappa shape index (κ2) is 2.90. The average Bonchev–Trinajstić information content (AvgIpc) is 2.37. The smallest absolute Gasteiger partial charge is 0.00625 e. The lowest BCUT2D eigenvalue weighted by Gasteiger charge is -2.10. The van der Waals surface area contributed by atoms with Crippen LogP contribution < -0.4 is 5.32 Å². The van der Waals surface area contributed by atoms with Gasteiger partial charge < -0.3 is 5.32 Å². The zero-order valence-electron chi connectivity index (χ0n) is 6.11. The number of nitrogens with one attached hydrogen (secondary N) is 1. The van der Waals surface area contributed by atoms with Crippen LogP contribution in [0.5, 0.6) is 0 Å². The minimum atomic E-state index is 0.773. The highest BCUT2D eigenvalue weighted by molar-refractivity contribution is 4.98. The molecule has 0 amide bonds. The fourth-order valence-electron chi connectivity index (χ4n) is 1.48. The Hall–Kier alpha value is -0.460. The highest BCUT2D eigenvalue weighted by Gasteiger charge is 2.16. The predicted octanol–water partition coefficient (Wildman–Crippen LogP) is 1.91. The molecule has 0 heterocycles. The first-order chi connectivity index (χ1) is 4.34. The van der Waals surface area contributed by atoms with E-state index in [-0.39, 0.29) is 0 Å². The summed E-state index contributed by atoms with van der Waals surface area (Å²) in [5.74, 6) is 0.773. The lowest BCUT2D eigenvalue weighted by Crippen LogP contribution is -2.11. The molecule has 0 aliphatic heterocycles. The molecule has 1 aliphatic carbocycles. The number of rotatable bonds is 2. The summed E-state index contributed by atoms with van der Waals surface area (Å²) in [5.41, 5.74) is 1.23. The lowest BCUT2D eigenvalue weighted by molar-refractivity contribution is 0.603. The fraction of sp³-hybridized carbons (Fsp3) is 0.750. The van der Waals surface area contributed by atoms with Gasteiger partial charge in [0, 0.05) is 12.7 Å². The van der Waals surface area contributed by atoms with Crippen LogP contribution in [-0.2, 0) is 0 Å². The minimum absolute atomic E-state index is 0.773. The van der Waals surface area contributed by atoms with Gasteiger partial charge in [0.1, 0.15) is 0 Å². The topological polar surface area (TPSA) is 12.0 Å². The molecule has 1 nitrogen and oxygen atoms in total. The van der Waals surface area contributed by atoms with E-state index in [1.54, 1.807) is 0 Å². The van der Waals surface area contributed by atoms with Gasteiger partial charge in [0.2, 0.25) is 0 Å². The van der Waals surface area contributed by atoms with Gasteiger partial charge in [0.05, 0.1) is 0 Å². The molecule has 52 valence electrons. The molecular weight excluding hydrogens is 110 g/mol. The van der Waals surface area contributed by atoms with Crippen LogP contribution in [0.25, 0.3) is 0 Å². The molecule has 1 rings (SSSR count). The summed E-state index contributed by atoms with van der Waals surface area (Å²) in [6, 6.07) is 0. The summed E-state index contributed by atoms with van der Waals surface area (Å²) in [5, 5.41) is 3.11. The maximum absolute atomic E-state index is 3.94. The monoisotopic (exact) mass is 125 g/mol. The zero-order chi connectivity index (χ0) is 6.69. The third-order valence-corrected chi connectivity index (χ3v) is 2.17. The maximum Gasteiger partial charge on any atom is 0.00625 e. The van der Waals surface area contributed by atoms with Crippen LogP contribution in [0, 0.1) is 5.92 Å². The van der Waals surface area contributed by atoms with Crippen molar-refractivity contribution in [3.05, 3.63) is 12.3 Å². The van der Waals surface area contributed by atoms with Crippen LogP contribution in [-0.4, -0.2) is 7.05 Å². The zero-order valence-corrected chi connectivity index (χ0v) is 6.11. The molecule has 1 N–H and O–H groups in total. The Balaban J connectivity index is 2.32. The second-order valence-electron chi connectivity index (χ2n) is 2.76. The Morgan fingerprint density at radius 3 is 2.44 bits per heavy atom. The number of hydrogen-bond acceptors (Lipinski definition) is 1. The van der Waals surface area contributed by atoms with Crippen molar-refractivity contribution in [2.75, 3.05) is 7.05 Å². The Morgan fingerprint density at radius 2 is 2.00 bits per heavy atom. The van der Waals surface area contributed by atoms with Crippen LogP contribution in [0.15, 0.2) is 12.3 Å². The van der Waals surface area contributed by atoms with E-state index in [9.17, 15) is 0 Å². The van der Waals surface area contributed by atoms with Crippen molar-refractivity contribution in [3.8, 4) is 0 Å². The second-order valence-corrected chi connectivity index (χ2v) is 2.76. The van der Waals surface area contributed by atoms with E-state index >= 15 is 0 Å². The molecule has 0 atom stereocenters. The predicted molar refractivity (Wildman–Crippen MR) is 40.2 cm³/mol. The Bertz CT molecular complexity index is 101. The third-order valence-electron chi connectivity index (χ3n) is 2.17. The van der Waals surface area contributed by atoms with E-state index in [4.69, 9.17) is 0 Å². The SMILES string of the molecule is C=C(NC)C1CCCC1. The van der Waals surface area contributed by atoms with Crippen molar-refractivity contribution < 1.29 is 0 Å². The molecule has 0 aromatic carbocycles. The van der Waals surface area contributed by atoms with Gasteiger partial charge in [-0.1, -0.05) is 19.4 Å². The maximum atomic E-state index is 3.94. The van der Waals surface area contributed by atoms with Gasteiger partial charge in [0.25, 0.3) is 0 Å². The van der Waals surface area contributed by atoms with Crippen molar-refractivity contribution in [3.63, 3.8) is 0 Å². The largest absolute Gasteiger partial charge is 0.392 e. The normalized spacial score (nSPS) is 20.1. The lowest BCUT2D eigenvalue weighted by atomic mass is 10.1. The van der Waals surface area contributed by atoms with E-state index in [2.05, 4.69) is 11.9 Å². The average molecular weight is 125 g/mol. The van der Waals surface area contributed by atoms with Crippen molar-refractivity contribution in [2.45, 2.75) is 25.7 Å². The van der Waals surface area contributed by atoms with E-state index in [0.29, 0.717) is 0 Å². The standard InChI is InChI=1S/C8H15N/c1-7(9-2)8-5-3-4-6-8/h8-9H,1,3-6H2,2H3. The molecule has 1 aliphatic rings. The minimum Gasteiger partial charge on any atom is -0.392 e.